The summed E-state index contributed by atoms with van der Waals surface area (Å²) in [4.78, 5) is 12.6. The molecule has 1 aromatic carbocycles. The third-order valence-corrected chi connectivity index (χ3v) is 5.80. The van der Waals surface area contributed by atoms with Crippen molar-refractivity contribution in [2.45, 2.75) is 48.8 Å². The summed E-state index contributed by atoms with van der Waals surface area (Å²) in [6, 6.07) is 8.15. The lowest BCUT2D eigenvalue weighted by Gasteiger charge is -2.20. The molecule has 20 heavy (non-hydrogen) atoms. The molecule has 0 aromatic heterocycles. The van der Waals surface area contributed by atoms with Crippen LogP contribution in [0.3, 0.4) is 0 Å². The van der Waals surface area contributed by atoms with Crippen LogP contribution in [0.4, 0.5) is 5.69 Å². The largest absolute Gasteiger partial charge is 0.399 e. The first-order chi connectivity index (χ1) is 9.64. The molecule has 0 aliphatic heterocycles. The van der Waals surface area contributed by atoms with Gasteiger partial charge in [0.15, 0.2) is 0 Å². The maximum Gasteiger partial charge on any atom is 0.230 e. The second-order valence-corrected chi connectivity index (χ2v) is 7.18. The van der Waals surface area contributed by atoms with Gasteiger partial charge in [-0.3, -0.25) is 4.79 Å². The maximum absolute atomic E-state index is 12.6. The number of rotatable bonds is 4. The number of nitrogens with one attached hydrogen (secondary N) is 1. The molecule has 0 bridgehead atoms. The Morgan fingerprint density at radius 3 is 2.55 bits per heavy atom. The Morgan fingerprint density at radius 1 is 1.30 bits per heavy atom. The van der Waals surface area contributed by atoms with E-state index in [2.05, 4.69) is 11.6 Å². The number of benzene rings is 1. The van der Waals surface area contributed by atoms with Crippen LogP contribution in [0.5, 0.6) is 0 Å². The topological polar surface area (TPSA) is 55.1 Å². The molecule has 0 radical (unpaired) electrons. The van der Waals surface area contributed by atoms with Crippen LogP contribution in [-0.4, -0.2) is 23.5 Å². The number of anilines is 1. The van der Waals surface area contributed by atoms with Crippen LogP contribution in [0.2, 0.25) is 0 Å². The van der Waals surface area contributed by atoms with E-state index in [-0.39, 0.29) is 11.3 Å². The van der Waals surface area contributed by atoms with Gasteiger partial charge in [-0.15, -0.1) is 0 Å². The summed E-state index contributed by atoms with van der Waals surface area (Å²) in [6.07, 6.45) is 7.54. The van der Waals surface area contributed by atoms with Crippen molar-refractivity contribution in [2.24, 2.45) is 0 Å². The van der Waals surface area contributed by atoms with Gasteiger partial charge in [0, 0.05) is 17.0 Å². The van der Waals surface area contributed by atoms with Crippen molar-refractivity contribution in [1.82, 2.24) is 5.32 Å². The maximum atomic E-state index is 12.6. The van der Waals surface area contributed by atoms with Crippen molar-refractivity contribution < 1.29 is 4.79 Å². The van der Waals surface area contributed by atoms with Crippen molar-refractivity contribution >= 4 is 23.4 Å². The minimum atomic E-state index is -0.273. The van der Waals surface area contributed by atoms with E-state index in [1.165, 1.54) is 6.42 Å². The summed E-state index contributed by atoms with van der Waals surface area (Å²) in [5.41, 5.74) is 7.32. The predicted molar refractivity (Wildman–Crippen MR) is 84.9 cm³/mol. The molecule has 3 rings (SSSR count). The number of hydrogen-bond donors (Lipinski definition) is 2. The third kappa shape index (κ3) is 2.53. The Morgan fingerprint density at radius 2 is 2.00 bits per heavy atom. The zero-order chi connectivity index (χ0) is 14.2. The lowest BCUT2D eigenvalue weighted by Crippen LogP contribution is -2.40. The van der Waals surface area contributed by atoms with Crippen LogP contribution >= 0.6 is 11.8 Å². The summed E-state index contributed by atoms with van der Waals surface area (Å²) in [6.45, 7) is 0. The summed E-state index contributed by atoms with van der Waals surface area (Å²) >= 11 is 1.92. The zero-order valence-electron chi connectivity index (χ0n) is 11.9. The highest BCUT2D eigenvalue weighted by Crippen LogP contribution is 2.48. The highest BCUT2D eigenvalue weighted by atomic mass is 32.2. The molecule has 0 heterocycles. The van der Waals surface area contributed by atoms with Crippen molar-refractivity contribution in [2.75, 3.05) is 12.0 Å². The van der Waals surface area contributed by atoms with Crippen LogP contribution in [0, 0.1) is 0 Å². The van der Waals surface area contributed by atoms with Crippen LogP contribution in [0.15, 0.2) is 24.3 Å². The zero-order valence-corrected chi connectivity index (χ0v) is 12.7. The van der Waals surface area contributed by atoms with Gasteiger partial charge >= 0.3 is 0 Å². The molecule has 2 aliphatic carbocycles. The molecular weight excluding hydrogens is 268 g/mol. The molecule has 1 aromatic rings. The van der Waals surface area contributed by atoms with Gasteiger partial charge in [0.05, 0.1) is 5.41 Å². The molecule has 0 saturated heterocycles. The molecule has 2 saturated carbocycles. The van der Waals surface area contributed by atoms with E-state index in [1.807, 2.05) is 36.0 Å². The average Bonchev–Trinajstić information content (AvgIpc) is 3.14. The highest BCUT2D eigenvalue weighted by Gasteiger charge is 2.51. The fourth-order valence-corrected chi connectivity index (χ4v) is 3.98. The second kappa shape index (κ2) is 5.32. The Kier molecular flexibility index (Phi) is 3.67. The molecule has 2 unspecified atom stereocenters. The standard InChI is InChI=1S/C16H22N2OS/c1-20-14-7-6-13(10-14)18-15(19)16(8-9-16)11-2-4-12(17)5-3-11/h2-5,13-14H,6-10,17H2,1H3,(H,18,19). The predicted octanol–water partition coefficient (Wildman–Crippen LogP) is 2.70. The van der Waals surface area contributed by atoms with E-state index >= 15 is 0 Å². The van der Waals surface area contributed by atoms with E-state index < -0.39 is 0 Å². The van der Waals surface area contributed by atoms with Gasteiger partial charge in [-0.1, -0.05) is 12.1 Å². The molecule has 1 amide bonds. The van der Waals surface area contributed by atoms with E-state index in [0.717, 1.165) is 36.9 Å². The number of thioether (sulfide) groups is 1. The van der Waals surface area contributed by atoms with Gasteiger partial charge in [0.2, 0.25) is 5.91 Å². The normalized spacial score (nSPS) is 27.2. The minimum Gasteiger partial charge on any atom is -0.399 e. The second-order valence-electron chi connectivity index (χ2n) is 6.05. The van der Waals surface area contributed by atoms with E-state index in [1.54, 1.807) is 0 Å². The minimum absolute atomic E-state index is 0.217. The molecule has 0 spiro atoms. The Bertz CT molecular complexity index is 496. The Balaban J connectivity index is 1.66. The molecule has 2 fully saturated rings. The summed E-state index contributed by atoms with van der Waals surface area (Å²) in [5, 5.41) is 3.99. The van der Waals surface area contributed by atoms with Gasteiger partial charge in [-0.25, -0.2) is 0 Å². The smallest absolute Gasteiger partial charge is 0.230 e. The first-order valence-electron chi connectivity index (χ1n) is 7.34. The molecule has 3 nitrogen and oxygen atoms in total. The highest BCUT2D eigenvalue weighted by molar-refractivity contribution is 7.99. The SMILES string of the molecule is CSC1CCC(NC(=O)C2(c3ccc(N)cc3)CC2)C1. The monoisotopic (exact) mass is 290 g/mol. The summed E-state index contributed by atoms with van der Waals surface area (Å²) < 4.78 is 0. The molecular formula is C16H22N2OS. The average molecular weight is 290 g/mol. The van der Waals surface area contributed by atoms with Crippen molar-refractivity contribution in [1.29, 1.82) is 0 Å². The van der Waals surface area contributed by atoms with E-state index in [4.69, 9.17) is 5.73 Å². The van der Waals surface area contributed by atoms with Crippen LogP contribution in [-0.2, 0) is 10.2 Å². The molecule has 4 heteroatoms. The van der Waals surface area contributed by atoms with E-state index in [9.17, 15) is 4.79 Å². The van der Waals surface area contributed by atoms with Gasteiger partial charge < -0.3 is 11.1 Å². The number of carbonyl (C=O) groups is 1. The van der Waals surface area contributed by atoms with Crippen molar-refractivity contribution in [3.8, 4) is 0 Å². The number of carbonyl (C=O) groups excluding carboxylic acids is 1. The van der Waals surface area contributed by atoms with Gasteiger partial charge in [-0.05, 0) is 56.1 Å². The fraction of sp³-hybridized carbons (Fsp3) is 0.562. The molecule has 2 atom stereocenters. The third-order valence-electron chi connectivity index (χ3n) is 4.70. The molecule has 3 N–H and O–H groups in total. The van der Waals surface area contributed by atoms with Crippen LogP contribution in [0.25, 0.3) is 0 Å². The van der Waals surface area contributed by atoms with Crippen LogP contribution in [0.1, 0.15) is 37.7 Å². The fourth-order valence-electron chi connectivity index (χ4n) is 3.18. The number of hydrogen-bond acceptors (Lipinski definition) is 3. The van der Waals surface area contributed by atoms with Gasteiger partial charge in [0.25, 0.3) is 0 Å². The van der Waals surface area contributed by atoms with Crippen molar-refractivity contribution in [3.05, 3.63) is 29.8 Å². The van der Waals surface area contributed by atoms with Gasteiger partial charge in [-0.2, -0.15) is 11.8 Å². The number of nitrogen functional groups attached to an aromatic ring is 1. The summed E-state index contributed by atoms with van der Waals surface area (Å²) in [7, 11) is 0. The van der Waals surface area contributed by atoms with E-state index in [0.29, 0.717) is 11.3 Å². The Labute approximate surface area is 124 Å². The quantitative estimate of drug-likeness (QED) is 0.838. The lowest BCUT2D eigenvalue weighted by atomic mass is 9.94. The first-order valence-corrected chi connectivity index (χ1v) is 8.62. The van der Waals surface area contributed by atoms with Crippen molar-refractivity contribution in [3.63, 3.8) is 0 Å². The van der Waals surface area contributed by atoms with Gasteiger partial charge in [0.1, 0.15) is 0 Å². The number of amides is 1. The molecule has 2 aliphatic rings. The number of nitrogens with two attached hydrogens (primary N) is 1. The summed E-state index contributed by atoms with van der Waals surface area (Å²) in [5.74, 6) is 0.217. The van der Waals surface area contributed by atoms with Crippen LogP contribution < -0.4 is 11.1 Å². The lowest BCUT2D eigenvalue weighted by molar-refractivity contribution is -0.124. The first kappa shape index (κ1) is 13.8. The molecule has 108 valence electrons. The Hall–Kier alpha value is -1.16.